The third kappa shape index (κ3) is 6.42. The van der Waals surface area contributed by atoms with Crippen LogP contribution in [0.2, 0.25) is 5.02 Å². The van der Waals surface area contributed by atoms with Crippen molar-refractivity contribution in [1.82, 2.24) is 10.2 Å². The maximum Gasteiger partial charge on any atom is 0.291 e. The number of anilines is 2. The third-order valence-electron chi connectivity index (χ3n) is 3.98. The van der Waals surface area contributed by atoms with Gasteiger partial charge in [0.15, 0.2) is 0 Å². The molecule has 164 valence electrons. The Morgan fingerprint density at radius 3 is 2.45 bits per heavy atom. The van der Waals surface area contributed by atoms with Crippen LogP contribution in [0.25, 0.3) is 0 Å². The summed E-state index contributed by atoms with van der Waals surface area (Å²) < 4.78 is 28.0. The Morgan fingerprint density at radius 2 is 1.77 bits per heavy atom. The van der Waals surface area contributed by atoms with Crippen LogP contribution in [0.1, 0.15) is 26.3 Å². The number of sulfonamides is 1. The largest absolute Gasteiger partial charge is 0.300 e. The van der Waals surface area contributed by atoms with Gasteiger partial charge in [0.1, 0.15) is 0 Å². The van der Waals surface area contributed by atoms with Crippen molar-refractivity contribution >= 4 is 61.4 Å². The normalized spacial score (nSPS) is 11.9. The molecule has 0 saturated carbocycles. The van der Waals surface area contributed by atoms with Crippen LogP contribution in [-0.4, -0.2) is 24.5 Å². The number of hydrogen-bond acceptors (Lipinski definition) is 7. The minimum absolute atomic E-state index is 0.130. The van der Waals surface area contributed by atoms with E-state index in [0.717, 1.165) is 21.8 Å². The molecule has 0 aliphatic heterocycles. The van der Waals surface area contributed by atoms with E-state index in [2.05, 4.69) is 20.2 Å². The second kappa shape index (κ2) is 9.56. The van der Waals surface area contributed by atoms with E-state index in [9.17, 15) is 13.2 Å². The van der Waals surface area contributed by atoms with E-state index in [1.807, 2.05) is 36.4 Å². The molecule has 0 atom stereocenters. The highest BCUT2D eigenvalue weighted by Gasteiger charge is 2.25. The van der Waals surface area contributed by atoms with Crippen LogP contribution in [0, 0.1) is 5.41 Å². The summed E-state index contributed by atoms with van der Waals surface area (Å²) in [6.45, 7) is 5.25. The first-order valence-electron chi connectivity index (χ1n) is 9.19. The molecule has 31 heavy (non-hydrogen) atoms. The maximum atomic E-state index is 12.8. The molecule has 2 N–H and O–H groups in total. The second-order valence-electron chi connectivity index (χ2n) is 7.59. The SMILES string of the molecule is CC(C)(C)C(=O)Nc1nnc(S(=O)(=O)Nc2ccccc2SCc2ccc(Cl)cc2)s1. The lowest BCUT2D eigenvalue weighted by Gasteiger charge is -2.15. The van der Waals surface area contributed by atoms with Crippen LogP contribution in [0.3, 0.4) is 0 Å². The van der Waals surface area contributed by atoms with Gasteiger partial charge in [-0.25, -0.2) is 0 Å². The number of amides is 1. The second-order valence-corrected chi connectivity index (χ2v) is 11.9. The van der Waals surface area contributed by atoms with E-state index in [0.29, 0.717) is 16.5 Å². The van der Waals surface area contributed by atoms with Crippen molar-refractivity contribution in [3.8, 4) is 0 Å². The summed E-state index contributed by atoms with van der Waals surface area (Å²) in [5.74, 6) is 0.377. The van der Waals surface area contributed by atoms with Crippen molar-refractivity contribution in [3.05, 3.63) is 59.1 Å². The van der Waals surface area contributed by atoms with E-state index in [1.165, 1.54) is 11.8 Å². The highest BCUT2D eigenvalue weighted by Crippen LogP contribution is 2.32. The summed E-state index contributed by atoms with van der Waals surface area (Å²) >= 11 is 8.22. The van der Waals surface area contributed by atoms with Gasteiger partial charge < -0.3 is 5.32 Å². The lowest BCUT2D eigenvalue weighted by molar-refractivity contribution is -0.123. The summed E-state index contributed by atoms with van der Waals surface area (Å²) in [4.78, 5) is 12.9. The van der Waals surface area contributed by atoms with Crippen LogP contribution in [0.15, 0.2) is 57.8 Å². The molecule has 7 nitrogen and oxygen atoms in total. The standard InChI is InChI=1S/C20H21ClN4O3S3/c1-20(2,3)17(26)22-18-23-24-19(30-18)31(27,28)25-15-6-4-5-7-16(15)29-12-13-8-10-14(21)11-9-13/h4-11,25H,12H2,1-3H3,(H,22,23,26). The smallest absolute Gasteiger partial charge is 0.291 e. The summed E-state index contributed by atoms with van der Waals surface area (Å²) in [5, 5.41) is 10.9. The molecule has 3 rings (SSSR count). The van der Waals surface area contributed by atoms with Crippen molar-refractivity contribution in [1.29, 1.82) is 0 Å². The molecule has 0 aliphatic rings. The van der Waals surface area contributed by atoms with E-state index in [1.54, 1.807) is 32.9 Å². The molecule has 0 saturated heterocycles. The monoisotopic (exact) mass is 496 g/mol. The number of carbonyl (C=O) groups is 1. The van der Waals surface area contributed by atoms with Crippen LogP contribution in [-0.2, 0) is 20.6 Å². The fourth-order valence-electron chi connectivity index (χ4n) is 2.26. The molecular weight excluding hydrogens is 476 g/mol. The van der Waals surface area contributed by atoms with E-state index in [-0.39, 0.29) is 15.4 Å². The third-order valence-corrected chi connectivity index (χ3v) is 7.95. The van der Waals surface area contributed by atoms with Gasteiger partial charge in [-0.3, -0.25) is 9.52 Å². The van der Waals surface area contributed by atoms with Crippen LogP contribution in [0.5, 0.6) is 0 Å². The summed E-state index contributed by atoms with van der Waals surface area (Å²) in [6, 6.07) is 14.6. The van der Waals surface area contributed by atoms with Gasteiger partial charge in [-0.15, -0.1) is 22.0 Å². The Kier molecular flexibility index (Phi) is 7.25. The van der Waals surface area contributed by atoms with Gasteiger partial charge in [0.05, 0.1) is 5.69 Å². The quantitative estimate of drug-likeness (QED) is 0.341. The minimum Gasteiger partial charge on any atom is -0.300 e. The van der Waals surface area contributed by atoms with Crippen molar-refractivity contribution in [2.45, 2.75) is 35.8 Å². The highest BCUT2D eigenvalue weighted by atomic mass is 35.5. The Morgan fingerprint density at radius 1 is 1.10 bits per heavy atom. The number of hydrogen-bond donors (Lipinski definition) is 2. The van der Waals surface area contributed by atoms with E-state index < -0.39 is 15.4 Å². The van der Waals surface area contributed by atoms with E-state index >= 15 is 0 Å². The predicted molar refractivity (Wildman–Crippen MR) is 126 cm³/mol. The zero-order valence-corrected chi connectivity index (χ0v) is 20.3. The molecule has 0 fully saturated rings. The first-order valence-corrected chi connectivity index (χ1v) is 12.8. The van der Waals surface area contributed by atoms with Gasteiger partial charge in [-0.2, -0.15) is 8.42 Å². The minimum atomic E-state index is -3.96. The van der Waals surface area contributed by atoms with Crippen LogP contribution in [0.4, 0.5) is 10.8 Å². The van der Waals surface area contributed by atoms with Crippen molar-refractivity contribution < 1.29 is 13.2 Å². The number of carbonyl (C=O) groups excluding carboxylic acids is 1. The van der Waals surface area contributed by atoms with Gasteiger partial charge in [-0.05, 0) is 29.8 Å². The number of nitrogens with zero attached hydrogens (tertiary/aromatic N) is 2. The van der Waals surface area contributed by atoms with Crippen molar-refractivity contribution in [2.24, 2.45) is 5.41 Å². The Bertz CT molecular complexity index is 1170. The summed E-state index contributed by atoms with van der Waals surface area (Å²) in [7, 11) is -3.96. The molecule has 0 spiro atoms. The molecule has 1 heterocycles. The average Bonchev–Trinajstić information content (AvgIpc) is 3.17. The number of rotatable bonds is 7. The Balaban J connectivity index is 1.73. The van der Waals surface area contributed by atoms with Crippen molar-refractivity contribution in [2.75, 3.05) is 10.0 Å². The predicted octanol–water partition coefficient (Wildman–Crippen LogP) is 5.27. The molecule has 1 amide bonds. The molecule has 0 unspecified atom stereocenters. The van der Waals surface area contributed by atoms with E-state index in [4.69, 9.17) is 11.6 Å². The molecule has 0 radical (unpaired) electrons. The van der Waals surface area contributed by atoms with Gasteiger partial charge in [0.2, 0.25) is 11.0 Å². The van der Waals surface area contributed by atoms with Gasteiger partial charge in [0, 0.05) is 21.1 Å². The molecule has 1 aromatic heterocycles. The molecular formula is C20H21ClN4O3S3. The fourth-order valence-corrected chi connectivity index (χ4v) is 5.39. The summed E-state index contributed by atoms with van der Waals surface area (Å²) in [6.07, 6.45) is 0. The van der Waals surface area contributed by atoms with Crippen LogP contribution < -0.4 is 10.0 Å². The number of thioether (sulfide) groups is 1. The van der Waals surface area contributed by atoms with Crippen molar-refractivity contribution in [3.63, 3.8) is 0 Å². The maximum absolute atomic E-state index is 12.8. The zero-order valence-electron chi connectivity index (χ0n) is 17.0. The molecule has 2 aromatic carbocycles. The van der Waals surface area contributed by atoms with Crippen LogP contribution >= 0.6 is 34.7 Å². The molecule has 0 bridgehead atoms. The Labute approximate surface area is 194 Å². The highest BCUT2D eigenvalue weighted by molar-refractivity contribution is 7.99. The van der Waals surface area contributed by atoms with Gasteiger partial charge >= 0.3 is 0 Å². The lowest BCUT2D eigenvalue weighted by Crippen LogP contribution is -2.27. The molecule has 11 heteroatoms. The number of halogens is 1. The first kappa shape index (κ1) is 23.5. The topological polar surface area (TPSA) is 101 Å². The summed E-state index contributed by atoms with van der Waals surface area (Å²) in [5.41, 5.74) is 0.871. The first-order chi connectivity index (χ1) is 14.5. The fraction of sp³-hybridized carbons (Fsp3) is 0.250. The zero-order chi connectivity index (χ0) is 22.6. The Hall–Kier alpha value is -2.14. The lowest BCUT2D eigenvalue weighted by atomic mass is 9.96. The van der Waals surface area contributed by atoms with Gasteiger partial charge in [0.25, 0.3) is 14.4 Å². The number of aromatic nitrogens is 2. The number of para-hydroxylation sites is 1. The van der Waals surface area contributed by atoms with Gasteiger partial charge in [-0.1, -0.05) is 68.0 Å². The average molecular weight is 497 g/mol. The molecule has 0 aliphatic carbocycles. The molecule has 3 aromatic rings. The number of nitrogens with one attached hydrogen (secondary N) is 2. The number of benzene rings is 2.